The van der Waals surface area contributed by atoms with Gasteiger partial charge in [0, 0.05) is 12.2 Å². The first-order chi connectivity index (χ1) is 11.9. The quantitative estimate of drug-likeness (QED) is 0.737. The van der Waals surface area contributed by atoms with Gasteiger partial charge >= 0.3 is 6.09 Å². The summed E-state index contributed by atoms with van der Waals surface area (Å²) in [6.45, 7) is 11.7. The van der Waals surface area contributed by atoms with Crippen LogP contribution in [0.15, 0.2) is 34.9 Å². The van der Waals surface area contributed by atoms with Crippen molar-refractivity contribution in [3.63, 3.8) is 0 Å². The molecule has 0 radical (unpaired) electrons. The van der Waals surface area contributed by atoms with Gasteiger partial charge in [-0.2, -0.15) is 0 Å². The number of allylic oxidation sites excluding steroid dienone is 3. The van der Waals surface area contributed by atoms with Crippen LogP contribution in [-0.2, 0) is 14.6 Å². The van der Waals surface area contributed by atoms with Crippen LogP contribution in [0.3, 0.4) is 0 Å². The number of hydrogen-bond donors (Lipinski definition) is 1. The summed E-state index contributed by atoms with van der Waals surface area (Å²) in [6, 6.07) is -0.379. The molecule has 1 heterocycles. The number of hydrogen-bond acceptors (Lipinski definition) is 5. The summed E-state index contributed by atoms with van der Waals surface area (Å²) in [5, 5.41) is -0.353. The van der Waals surface area contributed by atoms with Crippen LogP contribution >= 0.6 is 0 Å². The fourth-order valence-corrected chi connectivity index (χ4v) is 4.86. The number of nitrogens with two attached hydrogens (primary N) is 1. The number of sulfone groups is 1. The fraction of sp³-hybridized carbons (Fsp3) is 0.632. The van der Waals surface area contributed by atoms with E-state index in [0.29, 0.717) is 37.1 Å². The van der Waals surface area contributed by atoms with Crippen molar-refractivity contribution in [1.29, 1.82) is 0 Å². The van der Waals surface area contributed by atoms with Crippen molar-refractivity contribution in [2.45, 2.75) is 70.3 Å². The van der Waals surface area contributed by atoms with Crippen LogP contribution in [0, 0.1) is 0 Å². The van der Waals surface area contributed by atoms with Crippen LogP contribution in [0.1, 0.15) is 53.4 Å². The van der Waals surface area contributed by atoms with Crippen molar-refractivity contribution in [2.24, 2.45) is 5.73 Å². The minimum absolute atomic E-state index is 0.185. The van der Waals surface area contributed by atoms with E-state index in [2.05, 4.69) is 6.58 Å². The predicted octanol–water partition coefficient (Wildman–Crippen LogP) is 3.27. The number of carbonyl (C=O) groups excluding carboxylic acids is 1. The van der Waals surface area contributed by atoms with Gasteiger partial charge in [0.1, 0.15) is 5.60 Å². The highest BCUT2D eigenvalue weighted by atomic mass is 32.2. The average Bonchev–Trinajstić information content (AvgIpc) is 3.23. The van der Waals surface area contributed by atoms with Gasteiger partial charge in [0.15, 0.2) is 9.84 Å². The molecule has 0 aromatic rings. The van der Waals surface area contributed by atoms with Gasteiger partial charge in [-0.1, -0.05) is 6.58 Å². The maximum Gasteiger partial charge on any atom is 0.410 e. The molecule has 2 fully saturated rings. The number of likely N-dealkylation sites (tertiary alicyclic amines) is 1. The Morgan fingerprint density at radius 2 is 1.85 bits per heavy atom. The molecular weight excluding hydrogens is 352 g/mol. The van der Waals surface area contributed by atoms with Gasteiger partial charge in [0.2, 0.25) is 0 Å². The Hall–Kier alpha value is -1.76. The molecule has 1 saturated carbocycles. The zero-order valence-corrected chi connectivity index (χ0v) is 16.9. The summed E-state index contributed by atoms with van der Waals surface area (Å²) in [4.78, 5) is 14.3. The van der Waals surface area contributed by atoms with E-state index in [1.165, 1.54) is 6.08 Å². The number of nitrogens with zero attached hydrogens (tertiary/aromatic N) is 1. The molecule has 26 heavy (non-hydrogen) atoms. The molecule has 146 valence electrons. The molecule has 7 heteroatoms. The molecule has 0 aromatic heterocycles. The molecule has 2 rings (SSSR count). The number of amides is 1. The Morgan fingerprint density at radius 3 is 2.35 bits per heavy atom. The topological polar surface area (TPSA) is 89.7 Å². The SMILES string of the molecule is C=C(/C(=C\C=C(/C)N)S(=O)(=O)C1CC1)[C@@H]1CCCN1C(=O)OC(C)(C)C. The van der Waals surface area contributed by atoms with Gasteiger partial charge in [-0.3, -0.25) is 0 Å². The third-order valence-corrected chi connectivity index (χ3v) is 6.73. The largest absolute Gasteiger partial charge is 0.444 e. The highest BCUT2D eigenvalue weighted by molar-refractivity contribution is 7.96. The molecule has 1 aliphatic carbocycles. The lowest BCUT2D eigenvalue weighted by atomic mass is 10.1. The van der Waals surface area contributed by atoms with Crippen LogP contribution in [-0.4, -0.2) is 42.8 Å². The third-order valence-electron chi connectivity index (χ3n) is 4.37. The summed E-state index contributed by atoms with van der Waals surface area (Å²) in [5.41, 5.74) is 6.03. The van der Waals surface area contributed by atoms with Crippen molar-refractivity contribution < 1.29 is 17.9 Å². The Kier molecular flexibility index (Phi) is 5.90. The molecule has 0 bridgehead atoms. The van der Waals surface area contributed by atoms with Gasteiger partial charge in [0.05, 0.1) is 16.2 Å². The zero-order chi connectivity index (χ0) is 19.7. The Balaban J connectivity index is 2.31. The fourth-order valence-electron chi connectivity index (χ4n) is 2.98. The van der Waals surface area contributed by atoms with E-state index in [9.17, 15) is 13.2 Å². The molecule has 0 aromatic carbocycles. The summed E-state index contributed by atoms with van der Waals surface area (Å²) < 4.78 is 31.2. The number of carbonyl (C=O) groups is 1. The van der Waals surface area contributed by atoms with Crippen LogP contribution in [0.4, 0.5) is 4.79 Å². The van der Waals surface area contributed by atoms with Crippen LogP contribution in [0.5, 0.6) is 0 Å². The maximum atomic E-state index is 12.9. The van der Waals surface area contributed by atoms with Crippen LogP contribution in [0.2, 0.25) is 0 Å². The first-order valence-corrected chi connectivity index (χ1v) is 10.5. The highest BCUT2D eigenvalue weighted by Crippen LogP contribution is 2.38. The first kappa shape index (κ1) is 20.6. The van der Waals surface area contributed by atoms with E-state index in [0.717, 1.165) is 6.42 Å². The molecule has 2 aliphatic rings. The Bertz CT molecular complexity index is 736. The maximum absolute atomic E-state index is 12.9. The molecule has 6 nitrogen and oxygen atoms in total. The van der Waals surface area contributed by atoms with E-state index >= 15 is 0 Å². The Labute approximate surface area is 156 Å². The summed E-state index contributed by atoms with van der Waals surface area (Å²) in [5.74, 6) is 0. The summed E-state index contributed by atoms with van der Waals surface area (Å²) in [6.07, 6.45) is 5.45. The van der Waals surface area contributed by atoms with Crippen LogP contribution in [0.25, 0.3) is 0 Å². The van der Waals surface area contributed by atoms with E-state index in [1.54, 1.807) is 17.9 Å². The van der Waals surface area contributed by atoms with E-state index < -0.39 is 21.5 Å². The standard InChI is InChI=1S/C19H30N2O4S/c1-13(20)8-11-17(26(23,24)15-9-10-15)14(2)16-7-6-12-21(16)18(22)25-19(3,4)5/h8,11,15-16H,2,6-7,9-10,12,20H2,1,3-5H3/b13-8+,17-11+/t16-/m0/s1. The lowest BCUT2D eigenvalue weighted by molar-refractivity contribution is 0.0251. The predicted molar refractivity (Wildman–Crippen MR) is 103 cm³/mol. The van der Waals surface area contributed by atoms with Crippen molar-refractivity contribution >= 4 is 15.9 Å². The monoisotopic (exact) mass is 382 g/mol. The summed E-state index contributed by atoms with van der Waals surface area (Å²) in [7, 11) is -3.46. The number of ether oxygens (including phenoxy) is 1. The normalized spacial score (nSPS) is 22.5. The van der Waals surface area contributed by atoms with Crippen molar-refractivity contribution in [1.82, 2.24) is 4.90 Å². The highest BCUT2D eigenvalue weighted by Gasteiger charge is 2.42. The van der Waals surface area contributed by atoms with Gasteiger partial charge in [-0.25, -0.2) is 13.2 Å². The molecule has 2 N–H and O–H groups in total. The molecule has 1 aliphatic heterocycles. The molecule has 0 unspecified atom stereocenters. The second-order valence-corrected chi connectivity index (χ2v) is 10.2. The lowest BCUT2D eigenvalue weighted by Crippen LogP contribution is -2.41. The smallest absolute Gasteiger partial charge is 0.410 e. The van der Waals surface area contributed by atoms with Gasteiger partial charge in [0.25, 0.3) is 0 Å². The molecule has 1 atom stereocenters. The second kappa shape index (κ2) is 7.47. The van der Waals surface area contributed by atoms with E-state index in [-0.39, 0.29) is 16.2 Å². The average molecular weight is 383 g/mol. The molecular formula is C19H30N2O4S. The first-order valence-electron chi connectivity index (χ1n) is 9.00. The van der Waals surface area contributed by atoms with Gasteiger partial charge < -0.3 is 15.4 Å². The zero-order valence-electron chi connectivity index (χ0n) is 16.1. The van der Waals surface area contributed by atoms with Gasteiger partial charge in [-0.15, -0.1) is 0 Å². The Morgan fingerprint density at radius 1 is 1.23 bits per heavy atom. The molecule has 1 amide bonds. The number of rotatable bonds is 5. The third kappa shape index (κ3) is 4.90. The van der Waals surface area contributed by atoms with Crippen molar-refractivity contribution in [2.75, 3.05) is 6.54 Å². The summed E-state index contributed by atoms with van der Waals surface area (Å²) >= 11 is 0. The lowest BCUT2D eigenvalue weighted by Gasteiger charge is -2.30. The minimum atomic E-state index is -3.46. The van der Waals surface area contributed by atoms with E-state index in [4.69, 9.17) is 10.5 Å². The van der Waals surface area contributed by atoms with Crippen LogP contribution < -0.4 is 5.73 Å². The molecule has 0 spiro atoms. The van der Waals surface area contributed by atoms with E-state index in [1.807, 2.05) is 20.8 Å². The van der Waals surface area contributed by atoms with Crippen molar-refractivity contribution in [3.05, 3.63) is 34.9 Å². The van der Waals surface area contributed by atoms with Crippen molar-refractivity contribution in [3.8, 4) is 0 Å². The second-order valence-electron chi connectivity index (χ2n) is 8.04. The molecule has 1 saturated heterocycles. The van der Waals surface area contributed by atoms with Gasteiger partial charge in [-0.05, 0) is 71.1 Å². The minimum Gasteiger partial charge on any atom is -0.444 e.